The Bertz CT molecular complexity index is 541. The predicted octanol–water partition coefficient (Wildman–Crippen LogP) is 3.03. The number of hydrogen-bond donors (Lipinski definition) is 0. The van der Waals surface area contributed by atoms with Crippen LogP contribution in [0.15, 0.2) is 23.8 Å². The smallest absolute Gasteiger partial charge is 0.310 e. The second-order valence-corrected chi connectivity index (χ2v) is 6.70. The molecule has 3 unspecified atom stereocenters. The van der Waals surface area contributed by atoms with Gasteiger partial charge in [-0.25, -0.2) is 0 Å². The zero-order valence-electron chi connectivity index (χ0n) is 13.4. The van der Waals surface area contributed by atoms with E-state index in [1.165, 1.54) is 25.4 Å². The number of ether oxygens (including phenoxy) is 2. The fraction of sp³-hybridized carbons (Fsp3) is 0.667. The Morgan fingerprint density at radius 3 is 2.41 bits per heavy atom. The van der Waals surface area contributed by atoms with Gasteiger partial charge in [-0.2, -0.15) is 0 Å². The molecule has 4 heteroatoms. The monoisotopic (exact) mass is 304 g/mol. The van der Waals surface area contributed by atoms with Crippen molar-refractivity contribution >= 4 is 11.9 Å². The Hall–Kier alpha value is -1.58. The Morgan fingerprint density at radius 1 is 1.18 bits per heavy atom. The number of esters is 2. The second-order valence-electron chi connectivity index (χ2n) is 6.70. The molecule has 0 saturated heterocycles. The third-order valence-corrected chi connectivity index (χ3v) is 5.85. The fourth-order valence-corrected chi connectivity index (χ4v) is 4.82. The van der Waals surface area contributed by atoms with Crippen molar-refractivity contribution in [3.8, 4) is 0 Å². The lowest BCUT2D eigenvalue weighted by Gasteiger charge is -2.45. The van der Waals surface area contributed by atoms with E-state index in [4.69, 9.17) is 9.47 Å². The van der Waals surface area contributed by atoms with Crippen LogP contribution in [-0.2, 0) is 19.1 Å². The summed E-state index contributed by atoms with van der Waals surface area (Å²) in [6.45, 7) is 3.99. The standard InChI is InChI=1S/C18H24O4/c1-4-13-11-7-5-6-8-12(11)14(16(19)21-2)15(17(20)22-3)18(13)9-10-18/h4,12,14-15H,1,5-10H2,2-3H3. The summed E-state index contributed by atoms with van der Waals surface area (Å²) in [6.07, 6.45) is 7.97. The van der Waals surface area contributed by atoms with E-state index in [0.29, 0.717) is 0 Å². The maximum Gasteiger partial charge on any atom is 0.310 e. The summed E-state index contributed by atoms with van der Waals surface area (Å²) < 4.78 is 10.1. The molecule has 0 radical (unpaired) electrons. The molecule has 0 aromatic rings. The van der Waals surface area contributed by atoms with Crippen LogP contribution in [0.25, 0.3) is 0 Å². The highest BCUT2D eigenvalue weighted by atomic mass is 16.5. The quantitative estimate of drug-likeness (QED) is 0.752. The van der Waals surface area contributed by atoms with Gasteiger partial charge in [0.05, 0.1) is 26.1 Å². The van der Waals surface area contributed by atoms with Crippen LogP contribution < -0.4 is 0 Å². The molecular formula is C18H24O4. The van der Waals surface area contributed by atoms with Gasteiger partial charge in [0, 0.05) is 5.41 Å². The molecule has 0 heterocycles. The highest BCUT2D eigenvalue weighted by Gasteiger charge is 2.64. The van der Waals surface area contributed by atoms with E-state index in [1.807, 2.05) is 6.08 Å². The highest BCUT2D eigenvalue weighted by Crippen LogP contribution is 2.66. The number of fused-ring (bicyclic) bond motifs is 1. The van der Waals surface area contributed by atoms with E-state index >= 15 is 0 Å². The molecule has 3 atom stereocenters. The Morgan fingerprint density at radius 2 is 1.86 bits per heavy atom. The molecule has 3 rings (SSSR count). The third-order valence-electron chi connectivity index (χ3n) is 5.85. The fourth-order valence-electron chi connectivity index (χ4n) is 4.82. The summed E-state index contributed by atoms with van der Waals surface area (Å²) in [5, 5.41) is 0. The molecule has 0 aliphatic heterocycles. The molecule has 0 aromatic heterocycles. The van der Waals surface area contributed by atoms with Crippen molar-refractivity contribution in [3.05, 3.63) is 23.8 Å². The van der Waals surface area contributed by atoms with Crippen LogP contribution in [0.3, 0.4) is 0 Å². The zero-order chi connectivity index (χ0) is 15.9. The van der Waals surface area contributed by atoms with E-state index in [-0.39, 0.29) is 23.3 Å². The number of hydrogen-bond acceptors (Lipinski definition) is 4. The van der Waals surface area contributed by atoms with Gasteiger partial charge in [0.1, 0.15) is 0 Å². The minimum Gasteiger partial charge on any atom is -0.469 e. The van der Waals surface area contributed by atoms with Gasteiger partial charge in [0.15, 0.2) is 0 Å². The molecule has 0 amide bonds. The lowest BCUT2D eigenvalue weighted by Crippen LogP contribution is -2.47. The topological polar surface area (TPSA) is 52.6 Å². The van der Waals surface area contributed by atoms with E-state index < -0.39 is 11.8 Å². The molecule has 3 aliphatic rings. The van der Waals surface area contributed by atoms with E-state index in [0.717, 1.165) is 38.5 Å². The summed E-state index contributed by atoms with van der Waals surface area (Å²) >= 11 is 0. The first kappa shape index (κ1) is 15.3. The largest absolute Gasteiger partial charge is 0.469 e. The van der Waals surface area contributed by atoms with Crippen LogP contribution in [0, 0.1) is 23.2 Å². The van der Waals surface area contributed by atoms with Gasteiger partial charge < -0.3 is 9.47 Å². The van der Waals surface area contributed by atoms with Gasteiger partial charge >= 0.3 is 11.9 Å². The van der Waals surface area contributed by atoms with E-state index in [2.05, 4.69) is 6.58 Å². The molecule has 0 N–H and O–H groups in total. The predicted molar refractivity (Wildman–Crippen MR) is 81.9 cm³/mol. The second kappa shape index (κ2) is 5.56. The molecule has 120 valence electrons. The highest BCUT2D eigenvalue weighted by molar-refractivity contribution is 5.85. The van der Waals surface area contributed by atoms with Gasteiger partial charge in [-0.15, -0.1) is 0 Å². The van der Waals surface area contributed by atoms with Crippen LogP contribution in [0.4, 0.5) is 0 Å². The van der Waals surface area contributed by atoms with Crippen LogP contribution >= 0.6 is 0 Å². The van der Waals surface area contributed by atoms with Crippen molar-refractivity contribution < 1.29 is 19.1 Å². The molecule has 22 heavy (non-hydrogen) atoms. The van der Waals surface area contributed by atoms with Crippen LogP contribution in [0.2, 0.25) is 0 Å². The van der Waals surface area contributed by atoms with E-state index in [1.54, 1.807) is 0 Å². The number of carbonyl (C=O) groups excluding carboxylic acids is 2. The maximum absolute atomic E-state index is 12.5. The number of rotatable bonds is 3. The number of carbonyl (C=O) groups is 2. The minimum absolute atomic E-state index is 0.101. The average molecular weight is 304 g/mol. The number of methoxy groups -OCH3 is 2. The van der Waals surface area contributed by atoms with Crippen molar-refractivity contribution in [3.63, 3.8) is 0 Å². The molecule has 0 bridgehead atoms. The van der Waals surface area contributed by atoms with Gasteiger partial charge in [0.2, 0.25) is 0 Å². The lowest BCUT2D eigenvalue weighted by atomic mass is 9.58. The first-order valence-corrected chi connectivity index (χ1v) is 8.12. The van der Waals surface area contributed by atoms with Crippen molar-refractivity contribution in [2.45, 2.75) is 38.5 Å². The summed E-state index contributed by atoms with van der Waals surface area (Å²) in [6, 6.07) is 0. The summed E-state index contributed by atoms with van der Waals surface area (Å²) in [7, 11) is 2.81. The Balaban J connectivity index is 2.15. The molecular weight excluding hydrogens is 280 g/mol. The Labute approximate surface area is 131 Å². The molecule has 2 fully saturated rings. The lowest BCUT2D eigenvalue weighted by molar-refractivity contribution is -0.163. The summed E-state index contributed by atoms with van der Waals surface area (Å²) in [5.41, 5.74) is 2.32. The SMILES string of the molecule is C=CC1=C2CCCCC2C(C(=O)OC)C(C(=O)OC)C12CC2. The van der Waals surface area contributed by atoms with Gasteiger partial charge in [0.25, 0.3) is 0 Å². The van der Waals surface area contributed by atoms with Crippen molar-refractivity contribution in [2.24, 2.45) is 23.2 Å². The first-order valence-electron chi connectivity index (χ1n) is 8.12. The van der Waals surface area contributed by atoms with Crippen LogP contribution in [0.1, 0.15) is 38.5 Å². The van der Waals surface area contributed by atoms with Crippen molar-refractivity contribution in [1.29, 1.82) is 0 Å². The zero-order valence-corrected chi connectivity index (χ0v) is 13.4. The minimum atomic E-state index is -0.426. The summed E-state index contributed by atoms with van der Waals surface area (Å²) in [5.74, 6) is -1.28. The van der Waals surface area contributed by atoms with Crippen molar-refractivity contribution in [2.75, 3.05) is 14.2 Å². The van der Waals surface area contributed by atoms with E-state index in [9.17, 15) is 9.59 Å². The molecule has 3 aliphatic carbocycles. The van der Waals surface area contributed by atoms with Crippen molar-refractivity contribution in [1.82, 2.24) is 0 Å². The number of allylic oxidation sites excluding steroid dienone is 3. The third kappa shape index (κ3) is 2.03. The molecule has 1 spiro atoms. The molecule has 0 aromatic carbocycles. The van der Waals surface area contributed by atoms with Crippen LogP contribution in [-0.4, -0.2) is 26.2 Å². The maximum atomic E-state index is 12.5. The van der Waals surface area contributed by atoms with Gasteiger partial charge in [-0.1, -0.05) is 24.6 Å². The van der Waals surface area contributed by atoms with Gasteiger partial charge in [-0.3, -0.25) is 9.59 Å². The van der Waals surface area contributed by atoms with Crippen LogP contribution in [0.5, 0.6) is 0 Å². The Kier molecular flexibility index (Phi) is 3.87. The van der Waals surface area contributed by atoms with Gasteiger partial charge in [-0.05, 0) is 43.6 Å². The normalized spacial score (nSPS) is 32.2. The molecule has 2 saturated carbocycles. The average Bonchev–Trinajstić information content (AvgIpc) is 3.33. The summed E-state index contributed by atoms with van der Waals surface area (Å²) in [4.78, 5) is 25.0. The molecule has 4 nitrogen and oxygen atoms in total. The first-order chi connectivity index (χ1) is 10.6.